The zero-order chi connectivity index (χ0) is 31.5. The summed E-state index contributed by atoms with van der Waals surface area (Å²) in [5, 5.41) is 4.05. The molecule has 0 unspecified atom stereocenters. The van der Waals surface area contributed by atoms with Crippen LogP contribution < -0.4 is 24.4 Å². The molecule has 1 aliphatic rings. The maximum Gasteiger partial charge on any atom is 0.343 e. The SMILES string of the molecule is Cc1ccc(C)n1-c1ccc(OCc2ccc(C(=O)N/N=C\c3cc(Br)cc(Br)c3OC(=O)c3ccc4c(c3)OCO4)o2)cc1. The third-order valence-electron chi connectivity index (χ3n) is 6.84. The Morgan fingerprint density at radius 2 is 1.69 bits per heavy atom. The number of aryl methyl sites for hydroxylation is 2. The third kappa shape index (κ3) is 6.81. The second-order valence-corrected chi connectivity index (χ2v) is 11.7. The molecule has 0 radical (unpaired) electrons. The summed E-state index contributed by atoms with van der Waals surface area (Å²) in [7, 11) is 0. The second kappa shape index (κ2) is 13.0. The fraction of sp³-hybridized carbons (Fsp3) is 0.121. The standard InChI is InChI=1S/C33H25Br2N3O7/c1-19-3-4-20(2)38(19)24-6-8-25(9-7-24)41-17-26-10-12-29(44-26)32(39)37-36-16-22-13-23(34)15-27(35)31(22)45-33(40)21-5-11-28-30(14-21)43-18-42-28/h3-16H,17-18H2,1-2H3,(H,37,39)/b36-16-. The van der Waals surface area contributed by atoms with E-state index in [2.05, 4.69) is 72.9 Å². The molecule has 0 spiro atoms. The number of furan rings is 1. The molecule has 228 valence electrons. The van der Waals surface area contributed by atoms with Crippen molar-refractivity contribution in [1.82, 2.24) is 9.99 Å². The number of benzene rings is 3. The molecule has 45 heavy (non-hydrogen) atoms. The van der Waals surface area contributed by atoms with Crippen LogP contribution in [0.1, 0.15) is 43.6 Å². The largest absolute Gasteiger partial charge is 0.486 e. The molecule has 3 aromatic carbocycles. The topological polar surface area (TPSA) is 114 Å². The number of hydrazone groups is 1. The van der Waals surface area contributed by atoms with Crippen molar-refractivity contribution in [3.05, 3.63) is 122 Å². The van der Waals surface area contributed by atoms with E-state index in [4.69, 9.17) is 23.4 Å². The zero-order valence-electron chi connectivity index (χ0n) is 24.0. The minimum Gasteiger partial charge on any atom is -0.486 e. The number of halogens is 2. The van der Waals surface area contributed by atoms with Crippen LogP contribution in [-0.2, 0) is 6.61 Å². The van der Waals surface area contributed by atoms with Crippen LogP contribution in [0, 0.1) is 13.8 Å². The number of aromatic nitrogens is 1. The molecule has 0 saturated carbocycles. The lowest BCUT2D eigenvalue weighted by atomic mass is 10.2. The molecule has 12 heteroatoms. The number of ether oxygens (including phenoxy) is 4. The van der Waals surface area contributed by atoms with E-state index < -0.39 is 11.9 Å². The van der Waals surface area contributed by atoms with Crippen molar-refractivity contribution in [2.45, 2.75) is 20.5 Å². The Morgan fingerprint density at radius 1 is 0.933 bits per heavy atom. The quantitative estimate of drug-likeness (QED) is 0.0722. The monoisotopic (exact) mass is 733 g/mol. The van der Waals surface area contributed by atoms with Gasteiger partial charge in [0.2, 0.25) is 6.79 Å². The minimum atomic E-state index is -0.609. The number of hydrogen-bond acceptors (Lipinski definition) is 8. The third-order valence-corrected chi connectivity index (χ3v) is 7.89. The first-order chi connectivity index (χ1) is 21.7. The minimum absolute atomic E-state index is 0.0598. The molecule has 0 fully saturated rings. The first-order valence-corrected chi connectivity index (χ1v) is 15.2. The van der Waals surface area contributed by atoms with Crippen LogP contribution in [0.15, 0.2) is 97.3 Å². The van der Waals surface area contributed by atoms with Crippen molar-refractivity contribution in [3.63, 3.8) is 0 Å². The second-order valence-electron chi connectivity index (χ2n) is 9.96. The smallest absolute Gasteiger partial charge is 0.343 e. The maximum absolute atomic E-state index is 12.9. The summed E-state index contributed by atoms with van der Waals surface area (Å²) in [4.78, 5) is 25.6. The van der Waals surface area contributed by atoms with E-state index in [-0.39, 0.29) is 30.5 Å². The van der Waals surface area contributed by atoms with Gasteiger partial charge in [0, 0.05) is 27.1 Å². The van der Waals surface area contributed by atoms with Crippen molar-refractivity contribution >= 4 is 50.0 Å². The van der Waals surface area contributed by atoms with Crippen LogP contribution >= 0.6 is 31.9 Å². The van der Waals surface area contributed by atoms with Gasteiger partial charge in [-0.1, -0.05) is 15.9 Å². The molecule has 10 nitrogen and oxygen atoms in total. The summed E-state index contributed by atoms with van der Waals surface area (Å²) in [5.74, 6) is 1.26. The molecular formula is C33H25Br2N3O7. The van der Waals surface area contributed by atoms with Crippen molar-refractivity contribution in [1.29, 1.82) is 0 Å². The predicted molar refractivity (Wildman–Crippen MR) is 173 cm³/mol. The number of rotatable bonds is 9. The van der Waals surface area contributed by atoms with E-state index in [9.17, 15) is 9.59 Å². The van der Waals surface area contributed by atoms with Crippen molar-refractivity contribution < 1.29 is 33.0 Å². The molecule has 6 rings (SSSR count). The molecule has 1 N–H and O–H groups in total. The Morgan fingerprint density at radius 3 is 2.47 bits per heavy atom. The van der Waals surface area contributed by atoms with Gasteiger partial charge in [0.25, 0.3) is 0 Å². The molecule has 0 bridgehead atoms. The molecule has 0 atom stereocenters. The van der Waals surface area contributed by atoms with Crippen LogP contribution in [0.25, 0.3) is 5.69 Å². The zero-order valence-corrected chi connectivity index (χ0v) is 27.2. The van der Waals surface area contributed by atoms with Gasteiger partial charge in [0.1, 0.15) is 18.1 Å². The number of carbonyl (C=O) groups excluding carboxylic acids is 2. The Labute approximate surface area is 274 Å². The average molecular weight is 735 g/mol. The molecular weight excluding hydrogens is 710 g/mol. The van der Waals surface area contributed by atoms with E-state index in [1.165, 1.54) is 6.21 Å². The summed E-state index contributed by atoms with van der Waals surface area (Å²) in [6.07, 6.45) is 1.36. The summed E-state index contributed by atoms with van der Waals surface area (Å²) >= 11 is 6.85. The number of amides is 1. The van der Waals surface area contributed by atoms with E-state index in [0.29, 0.717) is 37.5 Å². The van der Waals surface area contributed by atoms with E-state index in [1.54, 1.807) is 42.5 Å². The van der Waals surface area contributed by atoms with Gasteiger partial charge < -0.3 is 27.9 Å². The van der Waals surface area contributed by atoms with Gasteiger partial charge in [-0.2, -0.15) is 5.10 Å². The summed E-state index contributed by atoms with van der Waals surface area (Å²) in [6.45, 7) is 4.35. The van der Waals surface area contributed by atoms with E-state index in [0.717, 1.165) is 17.1 Å². The van der Waals surface area contributed by atoms with Crippen molar-refractivity contribution in [3.8, 4) is 28.7 Å². The van der Waals surface area contributed by atoms with Crippen molar-refractivity contribution in [2.75, 3.05) is 6.79 Å². The highest BCUT2D eigenvalue weighted by Gasteiger charge is 2.20. The molecule has 3 heterocycles. The van der Waals surface area contributed by atoms with Gasteiger partial charge in [0.05, 0.1) is 16.3 Å². The van der Waals surface area contributed by atoms with Crippen LogP contribution in [0.2, 0.25) is 0 Å². The molecule has 2 aromatic heterocycles. The number of carbonyl (C=O) groups is 2. The predicted octanol–water partition coefficient (Wildman–Crippen LogP) is 7.50. The fourth-order valence-electron chi connectivity index (χ4n) is 4.67. The van der Waals surface area contributed by atoms with Gasteiger partial charge in [-0.25, -0.2) is 10.2 Å². The van der Waals surface area contributed by atoms with E-state index >= 15 is 0 Å². The number of fused-ring (bicyclic) bond motifs is 1. The average Bonchev–Trinajstić information content (AvgIpc) is 3.78. The first kappa shape index (κ1) is 30.2. The fourth-order valence-corrected chi connectivity index (χ4v) is 6.01. The normalized spacial score (nSPS) is 12.0. The lowest BCUT2D eigenvalue weighted by molar-refractivity contribution is 0.0732. The van der Waals surface area contributed by atoms with Gasteiger partial charge in [-0.05, 0) is 109 Å². The first-order valence-electron chi connectivity index (χ1n) is 13.7. The van der Waals surface area contributed by atoms with Gasteiger partial charge in [0.15, 0.2) is 23.0 Å². The molecule has 1 aliphatic heterocycles. The van der Waals surface area contributed by atoms with Crippen molar-refractivity contribution in [2.24, 2.45) is 5.10 Å². The van der Waals surface area contributed by atoms with Crippen LogP contribution in [0.3, 0.4) is 0 Å². The number of esters is 1. The van der Waals surface area contributed by atoms with Crippen LogP contribution in [0.4, 0.5) is 0 Å². The number of nitrogens with zero attached hydrogens (tertiary/aromatic N) is 2. The Kier molecular flexibility index (Phi) is 8.76. The maximum atomic E-state index is 12.9. The van der Waals surface area contributed by atoms with E-state index in [1.807, 2.05) is 24.3 Å². The number of nitrogens with one attached hydrogen (secondary N) is 1. The Bertz CT molecular complexity index is 1910. The highest BCUT2D eigenvalue weighted by molar-refractivity contribution is 9.11. The highest BCUT2D eigenvalue weighted by Crippen LogP contribution is 2.35. The van der Waals surface area contributed by atoms with Crippen LogP contribution in [0.5, 0.6) is 23.0 Å². The van der Waals surface area contributed by atoms with Gasteiger partial charge in [-0.15, -0.1) is 0 Å². The lowest BCUT2D eigenvalue weighted by Crippen LogP contribution is -2.17. The summed E-state index contributed by atoms with van der Waals surface area (Å²) in [6, 6.07) is 23.3. The Balaban J connectivity index is 1.07. The molecule has 5 aromatic rings. The lowest BCUT2D eigenvalue weighted by Gasteiger charge is -2.11. The molecule has 0 saturated heterocycles. The summed E-state index contributed by atoms with van der Waals surface area (Å²) < 4.78 is 31.2. The molecule has 0 aliphatic carbocycles. The Hall–Kier alpha value is -4.81. The van der Waals surface area contributed by atoms with Gasteiger partial charge >= 0.3 is 11.9 Å². The number of hydrogen-bond donors (Lipinski definition) is 1. The van der Waals surface area contributed by atoms with Gasteiger partial charge in [-0.3, -0.25) is 4.79 Å². The summed E-state index contributed by atoms with van der Waals surface area (Å²) in [5.41, 5.74) is 6.49. The molecule has 1 amide bonds. The van der Waals surface area contributed by atoms with Crippen LogP contribution in [-0.4, -0.2) is 29.5 Å². The highest BCUT2D eigenvalue weighted by atomic mass is 79.9.